The summed E-state index contributed by atoms with van der Waals surface area (Å²) in [6, 6.07) is 4.60. The van der Waals surface area contributed by atoms with Crippen molar-refractivity contribution >= 4 is 5.97 Å². The quantitative estimate of drug-likeness (QED) is 0.175. The molecule has 2 aliphatic rings. The molecule has 0 amide bonds. The highest BCUT2D eigenvalue weighted by molar-refractivity contribution is 5.91. The first kappa shape index (κ1) is 25.0. The lowest BCUT2D eigenvalue weighted by Crippen LogP contribution is -2.30. The van der Waals surface area contributed by atoms with Crippen LogP contribution in [0.1, 0.15) is 60.4 Å². The van der Waals surface area contributed by atoms with Gasteiger partial charge in [-0.3, -0.25) is 0 Å². The van der Waals surface area contributed by atoms with E-state index in [-0.39, 0.29) is 18.1 Å². The van der Waals surface area contributed by atoms with E-state index in [2.05, 4.69) is 13.2 Å². The molecule has 0 saturated heterocycles. The molecule has 2 saturated carbocycles. The summed E-state index contributed by atoms with van der Waals surface area (Å²) in [6.45, 7) is 7.26. The van der Waals surface area contributed by atoms with E-state index in [0.717, 1.165) is 56.7 Å². The van der Waals surface area contributed by atoms with Crippen LogP contribution in [0.4, 0.5) is 17.6 Å². The van der Waals surface area contributed by atoms with Gasteiger partial charge in [0.15, 0.2) is 23.1 Å². The van der Waals surface area contributed by atoms with Gasteiger partial charge in [-0.15, -0.1) is 6.58 Å². The molecule has 4 atom stereocenters. The maximum atomic E-state index is 15.0. The fourth-order valence-corrected chi connectivity index (χ4v) is 5.47. The summed E-state index contributed by atoms with van der Waals surface area (Å²) >= 11 is 0. The molecular formula is C28H28F4O3. The highest BCUT2D eigenvalue weighted by atomic mass is 19.2. The van der Waals surface area contributed by atoms with E-state index in [9.17, 15) is 18.0 Å². The summed E-state index contributed by atoms with van der Waals surface area (Å²) in [5.74, 6) is -6.31. The van der Waals surface area contributed by atoms with Gasteiger partial charge in [-0.2, -0.15) is 8.78 Å². The number of ether oxygens (including phenoxy) is 2. The zero-order valence-electron chi connectivity index (χ0n) is 19.4. The van der Waals surface area contributed by atoms with Gasteiger partial charge in [0.05, 0.1) is 5.56 Å². The molecule has 3 nitrogen and oxygen atoms in total. The third-order valence-electron chi connectivity index (χ3n) is 7.33. The number of hydrogen-bond donors (Lipinski definition) is 0. The van der Waals surface area contributed by atoms with Crippen LogP contribution in [-0.4, -0.2) is 12.6 Å². The normalized spacial score (nSPS) is 23.8. The van der Waals surface area contributed by atoms with E-state index in [0.29, 0.717) is 17.8 Å². The molecule has 0 N–H and O–H groups in total. The van der Waals surface area contributed by atoms with Gasteiger partial charge in [-0.1, -0.05) is 24.8 Å². The molecule has 4 rings (SSSR count). The number of allylic oxidation sites excluding steroid dienone is 1. The Bertz CT molecular complexity index is 1130. The van der Waals surface area contributed by atoms with Crippen LogP contribution in [0.5, 0.6) is 11.5 Å². The minimum atomic E-state index is -1.47. The Hall–Kier alpha value is -3.09. The summed E-state index contributed by atoms with van der Waals surface area (Å²) in [6.07, 6.45) is 9.05. The number of hydrogen-bond acceptors (Lipinski definition) is 3. The van der Waals surface area contributed by atoms with Crippen LogP contribution < -0.4 is 9.47 Å². The fraction of sp³-hybridized carbons (Fsp3) is 0.393. The average Bonchev–Trinajstić information content (AvgIpc) is 2.87. The molecular weight excluding hydrogens is 460 g/mol. The van der Waals surface area contributed by atoms with E-state index in [1.54, 1.807) is 0 Å². The molecule has 2 aromatic carbocycles. The van der Waals surface area contributed by atoms with Crippen molar-refractivity contribution in [2.24, 2.45) is 17.8 Å². The van der Waals surface area contributed by atoms with Crippen molar-refractivity contribution < 1.29 is 31.8 Å². The van der Waals surface area contributed by atoms with Gasteiger partial charge in [0.25, 0.3) is 0 Å². The minimum absolute atomic E-state index is 0.0515. The topological polar surface area (TPSA) is 35.5 Å². The standard InChI is InChI=1S/C28H28F4O3/c1-3-13-34-22-11-12-23(27(32)26(22)31)35-28(33)21-10-9-20(24(29)25(21)30)19-8-7-17-14-16(4-2)5-6-18(17)15-19/h3-4,9-12,16-19H,1-2,5-8,13-15H2. The SMILES string of the molecule is C=CCOc1ccc(OC(=O)c2ccc(C3CCC4CC(C=C)CCC4C3)c(F)c2F)c(F)c1F. The number of fused-ring (bicyclic) bond motifs is 1. The molecule has 0 aromatic heterocycles. The van der Waals surface area contributed by atoms with Crippen LogP contribution in [0.2, 0.25) is 0 Å². The van der Waals surface area contributed by atoms with Crippen molar-refractivity contribution in [1.29, 1.82) is 0 Å². The molecule has 0 spiro atoms. The zero-order chi connectivity index (χ0) is 25.1. The van der Waals surface area contributed by atoms with Crippen molar-refractivity contribution in [1.82, 2.24) is 0 Å². The predicted molar refractivity (Wildman–Crippen MR) is 124 cm³/mol. The summed E-state index contributed by atoms with van der Waals surface area (Å²) in [7, 11) is 0. The van der Waals surface area contributed by atoms with Crippen LogP contribution in [0.25, 0.3) is 0 Å². The average molecular weight is 489 g/mol. The highest BCUT2D eigenvalue weighted by Crippen LogP contribution is 2.48. The van der Waals surface area contributed by atoms with Gasteiger partial charge in [0, 0.05) is 0 Å². The van der Waals surface area contributed by atoms with Gasteiger partial charge in [-0.25, -0.2) is 13.6 Å². The number of rotatable bonds is 7. The van der Waals surface area contributed by atoms with Crippen LogP contribution >= 0.6 is 0 Å². The summed E-state index contributed by atoms with van der Waals surface area (Å²) in [5, 5.41) is 0. The first-order valence-electron chi connectivity index (χ1n) is 11.9. The van der Waals surface area contributed by atoms with Gasteiger partial charge in [-0.05, 0) is 86.0 Å². The lowest BCUT2D eigenvalue weighted by molar-refractivity contribution is 0.0720. The molecule has 2 aliphatic carbocycles. The summed E-state index contributed by atoms with van der Waals surface area (Å²) < 4.78 is 68.2. The van der Waals surface area contributed by atoms with E-state index in [1.165, 1.54) is 12.1 Å². The molecule has 7 heteroatoms. The number of carbonyl (C=O) groups is 1. The Kier molecular flexibility index (Phi) is 7.63. The van der Waals surface area contributed by atoms with E-state index in [4.69, 9.17) is 9.47 Å². The number of esters is 1. The maximum Gasteiger partial charge on any atom is 0.346 e. The molecule has 0 bridgehead atoms. The highest BCUT2D eigenvalue weighted by Gasteiger charge is 2.36. The Morgan fingerprint density at radius 1 is 0.857 bits per heavy atom. The number of carbonyl (C=O) groups excluding carboxylic acids is 1. The second-order valence-electron chi connectivity index (χ2n) is 9.35. The Morgan fingerprint density at radius 3 is 2.29 bits per heavy atom. The number of halogens is 4. The molecule has 4 unspecified atom stereocenters. The molecule has 35 heavy (non-hydrogen) atoms. The summed E-state index contributed by atoms with van der Waals surface area (Å²) in [4.78, 5) is 12.5. The van der Waals surface area contributed by atoms with Gasteiger partial charge < -0.3 is 9.47 Å². The molecule has 0 heterocycles. The van der Waals surface area contributed by atoms with Crippen LogP contribution in [0.15, 0.2) is 49.6 Å². The maximum absolute atomic E-state index is 15.0. The van der Waals surface area contributed by atoms with E-state index < -0.39 is 46.3 Å². The molecule has 0 radical (unpaired) electrons. The Morgan fingerprint density at radius 2 is 1.54 bits per heavy atom. The van der Waals surface area contributed by atoms with Crippen molar-refractivity contribution in [2.75, 3.05) is 6.61 Å². The fourth-order valence-electron chi connectivity index (χ4n) is 5.47. The zero-order valence-corrected chi connectivity index (χ0v) is 19.4. The third-order valence-corrected chi connectivity index (χ3v) is 7.33. The van der Waals surface area contributed by atoms with Crippen molar-refractivity contribution in [3.05, 3.63) is 84.0 Å². The third kappa shape index (κ3) is 5.14. The lowest BCUT2D eigenvalue weighted by Gasteiger charge is -2.41. The Labute approximate surface area is 202 Å². The van der Waals surface area contributed by atoms with Crippen LogP contribution in [-0.2, 0) is 0 Å². The molecule has 0 aliphatic heterocycles. The van der Waals surface area contributed by atoms with Gasteiger partial charge in [0.1, 0.15) is 6.61 Å². The molecule has 186 valence electrons. The van der Waals surface area contributed by atoms with Crippen molar-refractivity contribution in [3.63, 3.8) is 0 Å². The van der Waals surface area contributed by atoms with Crippen molar-refractivity contribution in [3.8, 4) is 11.5 Å². The predicted octanol–water partition coefficient (Wildman–Crippen LogP) is 7.51. The second-order valence-corrected chi connectivity index (χ2v) is 9.35. The molecule has 2 fully saturated rings. The summed E-state index contributed by atoms with van der Waals surface area (Å²) in [5.41, 5.74) is -0.442. The second kappa shape index (κ2) is 10.7. The van der Waals surface area contributed by atoms with Gasteiger partial charge >= 0.3 is 5.97 Å². The first-order valence-corrected chi connectivity index (χ1v) is 11.9. The van der Waals surface area contributed by atoms with Crippen LogP contribution in [0, 0.1) is 41.0 Å². The Balaban J connectivity index is 1.48. The van der Waals surface area contributed by atoms with E-state index >= 15 is 4.39 Å². The monoisotopic (exact) mass is 488 g/mol. The first-order chi connectivity index (χ1) is 16.8. The van der Waals surface area contributed by atoms with E-state index in [1.807, 2.05) is 6.08 Å². The molecule has 2 aromatic rings. The largest absolute Gasteiger partial charge is 0.486 e. The lowest BCUT2D eigenvalue weighted by atomic mass is 9.64. The number of benzene rings is 2. The van der Waals surface area contributed by atoms with Crippen molar-refractivity contribution in [2.45, 2.75) is 44.4 Å². The smallest absolute Gasteiger partial charge is 0.346 e. The minimum Gasteiger partial charge on any atom is -0.486 e. The van der Waals surface area contributed by atoms with Gasteiger partial charge in [0.2, 0.25) is 11.6 Å². The van der Waals surface area contributed by atoms with Crippen LogP contribution in [0.3, 0.4) is 0 Å².